The molecule has 0 saturated heterocycles. The van der Waals surface area contributed by atoms with Gasteiger partial charge in [-0.05, 0) is 6.92 Å². The molecule has 0 spiro atoms. The number of carboxylic acids is 1. The average molecular weight is 231 g/mol. The fraction of sp³-hybridized carbons (Fsp3) is 0.500. The summed E-state index contributed by atoms with van der Waals surface area (Å²) in [6, 6.07) is 0. The summed E-state index contributed by atoms with van der Waals surface area (Å²) in [6.45, 7) is 0.972. The zero-order valence-electron chi connectivity index (χ0n) is 4.74. The molecule has 0 atom stereocenters. The second kappa shape index (κ2) is 15.9. The molecule has 0 rings (SSSR count). The van der Waals surface area contributed by atoms with Crippen LogP contribution < -0.4 is 5.11 Å². The van der Waals surface area contributed by atoms with Gasteiger partial charge in [-0.25, -0.2) is 0 Å². The van der Waals surface area contributed by atoms with Crippen LogP contribution in [0.1, 0.15) is 6.92 Å². The van der Waals surface area contributed by atoms with Crippen molar-refractivity contribution in [3.8, 4) is 0 Å². The molecular formula is C2H3Mn2NO5. The molecule has 6 nitrogen and oxygen atoms in total. The van der Waals surface area contributed by atoms with Crippen molar-refractivity contribution >= 4 is 5.97 Å². The molecule has 0 amide bonds. The van der Waals surface area contributed by atoms with E-state index in [1.807, 2.05) is 0 Å². The van der Waals surface area contributed by atoms with Gasteiger partial charge in [0.2, 0.25) is 0 Å². The Hall–Kier alpha value is -0.291. The summed E-state index contributed by atoms with van der Waals surface area (Å²) in [5.41, 5.74) is 0. The molecular weight excluding hydrogens is 228 g/mol. The number of carbonyl (C=O) groups excluding carboxylic acids is 1. The Morgan fingerprint density at radius 1 is 1.40 bits per heavy atom. The normalized spacial score (nSPS) is 4.90. The molecule has 0 aliphatic carbocycles. The van der Waals surface area contributed by atoms with E-state index in [-0.39, 0.29) is 34.1 Å². The maximum absolute atomic E-state index is 8.89. The van der Waals surface area contributed by atoms with Crippen LogP contribution >= 0.6 is 0 Å². The fourth-order valence-electron chi connectivity index (χ4n) is 0. The first-order valence-electron chi connectivity index (χ1n) is 1.46. The van der Waals surface area contributed by atoms with Crippen LogP contribution in [-0.4, -0.2) is 11.1 Å². The third kappa shape index (κ3) is 4100. The summed E-state index contributed by atoms with van der Waals surface area (Å²) in [5.74, 6) is -1.08. The van der Waals surface area contributed by atoms with Gasteiger partial charge in [0.1, 0.15) is 0 Å². The van der Waals surface area contributed by atoms with Gasteiger partial charge in [-0.3, -0.25) is 0 Å². The molecule has 0 aliphatic rings. The van der Waals surface area contributed by atoms with E-state index in [1.165, 1.54) is 0 Å². The predicted octanol–water partition coefficient (Wildman–Crippen LogP) is -1.49. The maximum Gasteiger partial charge on any atom is 2.00 e. The average Bonchev–Trinajstić information content (AvgIpc) is 1.25. The van der Waals surface area contributed by atoms with Gasteiger partial charge in [-0.1, -0.05) is 0 Å². The third-order valence-corrected chi connectivity index (χ3v) is 0. The molecule has 8 heteroatoms. The number of nitrogens with zero attached hydrogens (tertiary/aromatic N) is 1. The molecule has 0 heterocycles. The zero-order chi connectivity index (χ0) is 7.15. The molecule has 0 aromatic carbocycles. The number of carbonyl (C=O) groups is 1. The first-order chi connectivity index (χ1) is 3.46. The minimum Gasteiger partial charge on any atom is -0.550 e. The van der Waals surface area contributed by atoms with Gasteiger partial charge < -0.3 is 25.2 Å². The summed E-state index contributed by atoms with van der Waals surface area (Å²) in [4.78, 5) is 17.1. The van der Waals surface area contributed by atoms with E-state index in [0.29, 0.717) is 0 Å². The molecule has 0 bridgehead atoms. The van der Waals surface area contributed by atoms with E-state index >= 15 is 0 Å². The first-order valence-corrected chi connectivity index (χ1v) is 1.46. The van der Waals surface area contributed by atoms with Gasteiger partial charge in [0.25, 0.3) is 0 Å². The summed E-state index contributed by atoms with van der Waals surface area (Å²) in [6.07, 6.45) is 0. The number of carboxylic acid groups (broad SMARTS) is 1. The molecule has 10 heavy (non-hydrogen) atoms. The molecule has 0 unspecified atom stereocenters. The van der Waals surface area contributed by atoms with Gasteiger partial charge in [0.05, 0.1) is 5.09 Å². The molecule has 0 aliphatic heterocycles. The van der Waals surface area contributed by atoms with Crippen LogP contribution in [0.3, 0.4) is 0 Å². The molecule has 0 saturated carbocycles. The van der Waals surface area contributed by atoms with E-state index in [2.05, 4.69) is 0 Å². The van der Waals surface area contributed by atoms with Crippen LogP contribution in [-0.2, 0) is 38.9 Å². The van der Waals surface area contributed by atoms with Crippen molar-refractivity contribution in [2.24, 2.45) is 0 Å². The van der Waals surface area contributed by atoms with Crippen molar-refractivity contribution < 1.29 is 49.1 Å². The Balaban J connectivity index is -0.0000000300. The van der Waals surface area contributed by atoms with Crippen molar-refractivity contribution in [3.05, 3.63) is 15.3 Å². The van der Waals surface area contributed by atoms with Crippen molar-refractivity contribution in [1.82, 2.24) is 0 Å². The number of rotatable bonds is 0. The molecule has 2 radical (unpaired) electrons. The van der Waals surface area contributed by atoms with Gasteiger partial charge >= 0.3 is 17.1 Å². The Kier molecular flexibility index (Phi) is 35.9. The van der Waals surface area contributed by atoms with Gasteiger partial charge in [-0.15, -0.1) is 0 Å². The van der Waals surface area contributed by atoms with E-state index in [0.717, 1.165) is 6.92 Å². The fourth-order valence-corrected chi connectivity index (χ4v) is 0. The minimum atomic E-state index is -1.75. The largest absolute Gasteiger partial charge is 2.00 e. The van der Waals surface area contributed by atoms with Gasteiger partial charge in [0, 0.05) is 23.0 Å². The van der Waals surface area contributed by atoms with E-state index in [4.69, 9.17) is 25.2 Å². The Morgan fingerprint density at radius 3 is 1.40 bits per heavy atom. The Labute approximate surface area is 77.7 Å². The van der Waals surface area contributed by atoms with E-state index in [1.54, 1.807) is 0 Å². The second-order valence-electron chi connectivity index (χ2n) is 0.715. The van der Waals surface area contributed by atoms with Crippen LogP contribution in [0.4, 0.5) is 0 Å². The molecule has 0 aromatic rings. The van der Waals surface area contributed by atoms with Crippen molar-refractivity contribution in [2.45, 2.75) is 6.92 Å². The standard InChI is InChI=1S/C2H4O2.2Mn.NO3/c1-2(3)4;;;2-1(3)4/h1H3,(H,3,4);;;/q;;+2;-1/p-1. The number of hydrogen-bond donors (Lipinski definition) is 0. The van der Waals surface area contributed by atoms with Gasteiger partial charge in [-0.2, -0.15) is 0 Å². The first kappa shape index (κ1) is 22.6. The number of aliphatic carboxylic acids is 1. The van der Waals surface area contributed by atoms with Crippen LogP contribution in [0.2, 0.25) is 0 Å². The Bertz CT molecular complexity index is 75.6. The molecule has 0 fully saturated rings. The van der Waals surface area contributed by atoms with Gasteiger partial charge in [0.15, 0.2) is 0 Å². The summed E-state index contributed by atoms with van der Waals surface area (Å²) in [7, 11) is 0. The van der Waals surface area contributed by atoms with Crippen molar-refractivity contribution in [3.63, 3.8) is 0 Å². The quantitative estimate of drug-likeness (QED) is 0.287. The molecule has 0 N–H and O–H groups in total. The summed E-state index contributed by atoms with van der Waals surface area (Å²) >= 11 is 0. The molecule has 0 aromatic heterocycles. The minimum absolute atomic E-state index is 0. The zero-order valence-corrected chi connectivity index (χ0v) is 7.11. The SMILES string of the molecule is CC(=O)[O-].O=[N+]([O-])[O-].[Mn+2].[Mn]. The topological polar surface area (TPSA) is 106 Å². The summed E-state index contributed by atoms with van der Waals surface area (Å²) < 4.78 is 0. The van der Waals surface area contributed by atoms with Crippen LogP contribution in [0.5, 0.6) is 0 Å². The van der Waals surface area contributed by atoms with Crippen LogP contribution in [0.25, 0.3) is 0 Å². The predicted molar refractivity (Wildman–Crippen MR) is 21.0 cm³/mol. The Morgan fingerprint density at radius 2 is 1.40 bits per heavy atom. The van der Waals surface area contributed by atoms with Crippen LogP contribution in [0.15, 0.2) is 0 Å². The van der Waals surface area contributed by atoms with Crippen LogP contribution in [0, 0.1) is 15.3 Å². The monoisotopic (exact) mass is 231 g/mol. The van der Waals surface area contributed by atoms with Crippen molar-refractivity contribution in [2.75, 3.05) is 0 Å². The second-order valence-corrected chi connectivity index (χ2v) is 0.715. The van der Waals surface area contributed by atoms with E-state index < -0.39 is 11.1 Å². The smallest absolute Gasteiger partial charge is 0.550 e. The maximum atomic E-state index is 8.89. The van der Waals surface area contributed by atoms with Crippen molar-refractivity contribution in [1.29, 1.82) is 0 Å². The third-order valence-electron chi connectivity index (χ3n) is 0. The van der Waals surface area contributed by atoms with E-state index in [9.17, 15) is 0 Å². The summed E-state index contributed by atoms with van der Waals surface area (Å²) in [5, 5.41) is 23.6. The number of hydrogen-bond acceptors (Lipinski definition) is 5. The molecule has 60 valence electrons.